The number of amides is 1. The Kier molecular flexibility index (Phi) is 8.73. The zero-order valence-electron chi connectivity index (χ0n) is 11.7. The van der Waals surface area contributed by atoms with Crippen molar-refractivity contribution in [3.05, 3.63) is 0 Å². The molecule has 1 aliphatic carbocycles. The van der Waals surface area contributed by atoms with Crippen molar-refractivity contribution in [1.29, 1.82) is 0 Å². The van der Waals surface area contributed by atoms with Crippen LogP contribution in [0.4, 0.5) is 0 Å². The summed E-state index contributed by atoms with van der Waals surface area (Å²) in [6, 6.07) is 0.337. The Balaban J connectivity index is 1.91. The lowest BCUT2D eigenvalue weighted by Crippen LogP contribution is -2.34. The third-order valence-electron chi connectivity index (χ3n) is 3.16. The first kappa shape index (κ1) is 16.4. The molecule has 0 aromatic rings. The van der Waals surface area contributed by atoms with Crippen LogP contribution < -0.4 is 11.1 Å². The van der Waals surface area contributed by atoms with E-state index in [1.807, 2.05) is 0 Å². The van der Waals surface area contributed by atoms with Gasteiger partial charge in [0.2, 0.25) is 5.91 Å². The van der Waals surface area contributed by atoms with Gasteiger partial charge in [0.1, 0.15) is 6.61 Å². The van der Waals surface area contributed by atoms with E-state index in [0.717, 1.165) is 25.7 Å². The average Bonchev–Trinajstić information content (AvgIpc) is 2.42. The number of ether oxygens (including phenoxy) is 3. The second-order valence-corrected chi connectivity index (χ2v) is 4.80. The van der Waals surface area contributed by atoms with Crippen LogP contribution in [0.5, 0.6) is 0 Å². The molecule has 0 aliphatic heterocycles. The van der Waals surface area contributed by atoms with Gasteiger partial charge in [0.25, 0.3) is 0 Å². The molecular weight excluding hydrogens is 248 g/mol. The number of hydrogen-bond donors (Lipinski definition) is 2. The molecule has 0 radical (unpaired) electrons. The second kappa shape index (κ2) is 10.1. The van der Waals surface area contributed by atoms with Crippen molar-refractivity contribution in [3.63, 3.8) is 0 Å². The molecule has 1 rings (SSSR count). The average molecular weight is 274 g/mol. The Labute approximate surface area is 115 Å². The lowest BCUT2D eigenvalue weighted by atomic mass is 9.94. The fourth-order valence-electron chi connectivity index (χ4n) is 2.03. The molecule has 0 atom stereocenters. The quantitative estimate of drug-likeness (QED) is 0.581. The van der Waals surface area contributed by atoms with E-state index in [1.165, 1.54) is 0 Å². The van der Waals surface area contributed by atoms with Gasteiger partial charge in [-0.15, -0.1) is 0 Å². The van der Waals surface area contributed by atoms with Gasteiger partial charge in [0, 0.05) is 19.7 Å². The molecule has 0 saturated heterocycles. The number of rotatable bonds is 9. The molecule has 0 heterocycles. The summed E-state index contributed by atoms with van der Waals surface area (Å²) in [5, 5.41) is 2.75. The molecule has 0 unspecified atom stereocenters. The molecular formula is C13H26N2O4. The van der Waals surface area contributed by atoms with Crippen LogP contribution in [-0.2, 0) is 19.0 Å². The van der Waals surface area contributed by atoms with Gasteiger partial charge in [-0.2, -0.15) is 0 Å². The fourth-order valence-corrected chi connectivity index (χ4v) is 2.03. The van der Waals surface area contributed by atoms with Crippen molar-refractivity contribution in [3.8, 4) is 0 Å². The molecule has 3 N–H and O–H groups in total. The van der Waals surface area contributed by atoms with Crippen LogP contribution in [0.3, 0.4) is 0 Å². The topological polar surface area (TPSA) is 82.8 Å². The first-order valence-corrected chi connectivity index (χ1v) is 6.93. The molecule has 0 bridgehead atoms. The molecule has 112 valence electrons. The third-order valence-corrected chi connectivity index (χ3v) is 3.16. The number of nitrogens with two attached hydrogens (primary N) is 1. The molecule has 1 saturated carbocycles. The van der Waals surface area contributed by atoms with E-state index in [1.54, 1.807) is 7.11 Å². The van der Waals surface area contributed by atoms with Crippen molar-refractivity contribution in [1.82, 2.24) is 5.32 Å². The van der Waals surface area contributed by atoms with Crippen molar-refractivity contribution < 1.29 is 19.0 Å². The largest absolute Gasteiger partial charge is 0.382 e. The van der Waals surface area contributed by atoms with Gasteiger partial charge in [0.15, 0.2) is 0 Å². The van der Waals surface area contributed by atoms with Crippen LogP contribution in [0.25, 0.3) is 0 Å². The van der Waals surface area contributed by atoms with Crippen LogP contribution >= 0.6 is 0 Å². The SMILES string of the molecule is COCCOCC(=O)NCCOC1CCC(N)CC1. The number of hydrogen-bond acceptors (Lipinski definition) is 5. The standard InChI is InChI=1S/C13H26N2O4/c1-17-8-9-18-10-13(16)15-6-7-19-12-4-2-11(14)3-5-12/h11-12H,2-10,14H2,1H3,(H,15,16). The Morgan fingerprint density at radius 3 is 2.63 bits per heavy atom. The molecule has 6 nitrogen and oxygen atoms in total. The highest BCUT2D eigenvalue weighted by atomic mass is 16.5. The van der Waals surface area contributed by atoms with Crippen LogP contribution in [-0.4, -0.2) is 58.1 Å². The zero-order valence-corrected chi connectivity index (χ0v) is 11.7. The molecule has 0 aromatic heterocycles. The first-order valence-electron chi connectivity index (χ1n) is 6.93. The van der Waals surface area contributed by atoms with E-state index in [2.05, 4.69) is 5.32 Å². The number of nitrogens with one attached hydrogen (secondary N) is 1. The van der Waals surface area contributed by atoms with Gasteiger partial charge >= 0.3 is 0 Å². The maximum Gasteiger partial charge on any atom is 0.246 e. The van der Waals surface area contributed by atoms with Gasteiger partial charge in [0.05, 0.1) is 25.9 Å². The summed E-state index contributed by atoms with van der Waals surface area (Å²) in [6.07, 6.45) is 4.41. The highest BCUT2D eigenvalue weighted by Crippen LogP contribution is 2.19. The molecule has 0 aromatic carbocycles. The monoisotopic (exact) mass is 274 g/mol. The Morgan fingerprint density at radius 2 is 1.95 bits per heavy atom. The third kappa shape index (κ3) is 8.15. The highest BCUT2D eigenvalue weighted by molar-refractivity contribution is 5.77. The lowest BCUT2D eigenvalue weighted by Gasteiger charge is -2.26. The minimum absolute atomic E-state index is 0.0711. The predicted octanol–water partition coefficient (Wildman–Crippen LogP) is 0.0521. The van der Waals surface area contributed by atoms with E-state index < -0.39 is 0 Å². The minimum Gasteiger partial charge on any atom is -0.382 e. The minimum atomic E-state index is -0.120. The number of carbonyl (C=O) groups is 1. The second-order valence-electron chi connectivity index (χ2n) is 4.80. The van der Waals surface area contributed by atoms with Gasteiger partial charge in [-0.3, -0.25) is 4.79 Å². The van der Waals surface area contributed by atoms with Gasteiger partial charge in [-0.1, -0.05) is 0 Å². The maximum absolute atomic E-state index is 11.4. The summed E-state index contributed by atoms with van der Waals surface area (Å²) in [7, 11) is 1.60. The van der Waals surface area contributed by atoms with Crippen molar-refractivity contribution in [2.45, 2.75) is 37.8 Å². The van der Waals surface area contributed by atoms with Crippen LogP contribution in [0.1, 0.15) is 25.7 Å². The van der Waals surface area contributed by atoms with E-state index >= 15 is 0 Å². The summed E-state index contributed by atoms with van der Waals surface area (Å²) < 4.78 is 15.6. The van der Waals surface area contributed by atoms with Gasteiger partial charge in [-0.05, 0) is 25.7 Å². The summed E-state index contributed by atoms with van der Waals surface area (Å²) in [6.45, 7) is 2.07. The summed E-state index contributed by atoms with van der Waals surface area (Å²) in [5.41, 5.74) is 5.82. The summed E-state index contributed by atoms with van der Waals surface area (Å²) >= 11 is 0. The van der Waals surface area contributed by atoms with E-state index in [0.29, 0.717) is 38.5 Å². The lowest BCUT2D eigenvalue weighted by molar-refractivity contribution is -0.126. The summed E-state index contributed by atoms with van der Waals surface area (Å²) in [5.74, 6) is -0.120. The van der Waals surface area contributed by atoms with E-state index in [4.69, 9.17) is 19.9 Å². The predicted molar refractivity (Wildman–Crippen MR) is 71.9 cm³/mol. The van der Waals surface area contributed by atoms with Gasteiger partial charge < -0.3 is 25.3 Å². The Hall–Kier alpha value is -0.690. The van der Waals surface area contributed by atoms with Crippen molar-refractivity contribution >= 4 is 5.91 Å². The van der Waals surface area contributed by atoms with Crippen LogP contribution in [0.15, 0.2) is 0 Å². The summed E-state index contributed by atoms with van der Waals surface area (Å²) in [4.78, 5) is 11.4. The molecule has 0 spiro atoms. The number of methoxy groups -OCH3 is 1. The molecule has 1 amide bonds. The molecule has 19 heavy (non-hydrogen) atoms. The molecule has 1 fully saturated rings. The van der Waals surface area contributed by atoms with Gasteiger partial charge in [-0.25, -0.2) is 0 Å². The molecule has 6 heteroatoms. The Bertz CT molecular complexity index is 243. The smallest absolute Gasteiger partial charge is 0.246 e. The normalized spacial score (nSPS) is 23.3. The number of carbonyl (C=O) groups excluding carboxylic acids is 1. The van der Waals surface area contributed by atoms with Crippen molar-refractivity contribution in [2.24, 2.45) is 5.73 Å². The zero-order chi connectivity index (χ0) is 13.9. The van der Waals surface area contributed by atoms with Crippen LogP contribution in [0, 0.1) is 0 Å². The first-order chi connectivity index (χ1) is 9.22. The molecule has 1 aliphatic rings. The fraction of sp³-hybridized carbons (Fsp3) is 0.923. The van der Waals surface area contributed by atoms with Crippen molar-refractivity contribution in [2.75, 3.05) is 40.1 Å². The van der Waals surface area contributed by atoms with E-state index in [9.17, 15) is 4.79 Å². The maximum atomic E-state index is 11.4. The highest BCUT2D eigenvalue weighted by Gasteiger charge is 2.18. The Morgan fingerprint density at radius 1 is 1.21 bits per heavy atom. The van der Waals surface area contributed by atoms with E-state index in [-0.39, 0.29) is 12.5 Å². The van der Waals surface area contributed by atoms with Crippen LogP contribution in [0.2, 0.25) is 0 Å².